The highest BCUT2D eigenvalue weighted by atomic mass is 16.4. The van der Waals surface area contributed by atoms with Gasteiger partial charge in [-0.3, -0.25) is 24.0 Å². The van der Waals surface area contributed by atoms with E-state index >= 15 is 0 Å². The van der Waals surface area contributed by atoms with Gasteiger partial charge in [-0.1, -0.05) is 0 Å². The summed E-state index contributed by atoms with van der Waals surface area (Å²) < 4.78 is 0. The first-order valence-corrected chi connectivity index (χ1v) is 8.48. The van der Waals surface area contributed by atoms with Gasteiger partial charge in [0.1, 0.15) is 18.1 Å². The normalized spacial score (nSPS) is 15.6. The molecule has 170 valence electrons. The Bertz CT molecular complexity index is 683. The number of aliphatic hydroxyl groups excluding tert-OH is 2. The average molecular weight is 435 g/mol. The minimum absolute atomic E-state index is 0.537. The molecule has 0 aliphatic rings. The van der Waals surface area contributed by atoms with Crippen LogP contribution < -0.4 is 27.4 Å². The highest BCUT2D eigenvalue weighted by Crippen LogP contribution is 2.00. The van der Waals surface area contributed by atoms with E-state index in [-0.39, 0.29) is 0 Å². The molecule has 0 aromatic carbocycles. The fourth-order valence-electron chi connectivity index (χ4n) is 2.08. The Morgan fingerprint density at radius 1 is 0.867 bits per heavy atom. The lowest BCUT2D eigenvalue weighted by Crippen LogP contribution is -2.60. The van der Waals surface area contributed by atoms with Crippen LogP contribution in [0.15, 0.2) is 0 Å². The smallest absolute Gasteiger partial charge is 0.326 e. The number of carbonyl (C=O) groups is 6. The van der Waals surface area contributed by atoms with Crippen LogP contribution in [0, 0.1) is 0 Å². The average Bonchev–Trinajstić information content (AvgIpc) is 2.61. The first kappa shape index (κ1) is 26.7. The molecule has 0 saturated carbocycles. The monoisotopic (exact) mass is 435 g/mol. The van der Waals surface area contributed by atoms with Crippen molar-refractivity contribution in [3.63, 3.8) is 0 Å². The van der Waals surface area contributed by atoms with Gasteiger partial charge in [-0.05, 0) is 6.92 Å². The van der Waals surface area contributed by atoms with Crippen molar-refractivity contribution in [1.29, 1.82) is 0 Å². The predicted octanol–water partition coefficient (Wildman–Crippen LogP) is -5.42. The van der Waals surface area contributed by atoms with E-state index in [9.17, 15) is 39.0 Å². The number of hydrogen-bond donors (Lipinski definition) is 9. The van der Waals surface area contributed by atoms with Crippen LogP contribution >= 0.6 is 0 Å². The van der Waals surface area contributed by atoms with Gasteiger partial charge in [0.15, 0.2) is 0 Å². The van der Waals surface area contributed by atoms with Gasteiger partial charge in [-0.2, -0.15) is 0 Å². The van der Waals surface area contributed by atoms with E-state index in [1.54, 1.807) is 0 Å². The number of nitrogens with one attached hydrogen (secondary N) is 3. The number of carboxylic acids is 2. The molecule has 4 amide bonds. The first-order chi connectivity index (χ1) is 13.8. The molecule has 0 fully saturated rings. The Morgan fingerprint density at radius 3 is 1.80 bits per heavy atom. The number of primary amides is 1. The van der Waals surface area contributed by atoms with E-state index in [4.69, 9.17) is 21.7 Å². The van der Waals surface area contributed by atoms with Crippen molar-refractivity contribution in [2.24, 2.45) is 11.5 Å². The maximum absolute atomic E-state index is 12.3. The quantitative estimate of drug-likeness (QED) is 0.132. The van der Waals surface area contributed by atoms with Gasteiger partial charge in [0.2, 0.25) is 23.6 Å². The van der Waals surface area contributed by atoms with Crippen molar-refractivity contribution in [2.45, 2.75) is 50.0 Å². The van der Waals surface area contributed by atoms with Crippen LogP contribution in [0.3, 0.4) is 0 Å². The van der Waals surface area contributed by atoms with Gasteiger partial charge in [0, 0.05) is 0 Å². The number of hydrogen-bond acceptors (Lipinski definition) is 9. The topological polar surface area (TPSA) is 271 Å². The molecule has 0 aliphatic heterocycles. The lowest BCUT2D eigenvalue weighted by atomic mass is 10.1. The third kappa shape index (κ3) is 9.26. The van der Waals surface area contributed by atoms with Crippen molar-refractivity contribution in [1.82, 2.24) is 16.0 Å². The minimum Gasteiger partial charge on any atom is -0.481 e. The van der Waals surface area contributed by atoms with Gasteiger partial charge in [0.05, 0.1) is 31.6 Å². The summed E-state index contributed by atoms with van der Waals surface area (Å²) in [5.41, 5.74) is 10.3. The molecule has 30 heavy (non-hydrogen) atoms. The van der Waals surface area contributed by atoms with Gasteiger partial charge >= 0.3 is 11.9 Å². The highest BCUT2D eigenvalue weighted by Gasteiger charge is 2.33. The Kier molecular flexibility index (Phi) is 10.9. The number of carbonyl (C=O) groups excluding carboxylic acids is 4. The van der Waals surface area contributed by atoms with Crippen LogP contribution in [-0.2, 0) is 28.8 Å². The molecule has 15 heteroatoms. The molecule has 5 unspecified atom stereocenters. The van der Waals surface area contributed by atoms with Crippen molar-refractivity contribution in [2.75, 3.05) is 6.61 Å². The maximum atomic E-state index is 12.3. The number of amides is 4. The van der Waals surface area contributed by atoms with Gasteiger partial charge in [-0.15, -0.1) is 0 Å². The largest absolute Gasteiger partial charge is 0.481 e. The molecule has 0 rings (SSSR count). The molecular weight excluding hydrogens is 410 g/mol. The number of aliphatic hydroxyl groups is 2. The third-order valence-corrected chi connectivity index (χ3v) is 3.63. The van der Waals surface area contributed by atoms with Crippen LogP contribution in [0.4, 0.5) is 0 Å². The molecule has 15 nitrogen and oxygen atoms in total. The summed E-state index contributed by atoms with van der Waals surface area (Å²) in [5, 5.41) is 42.6. The molecule has 0 aromatic rings. The summed E-state index contributed by atoms with van der Waals surface area (Å²) in [4.78, 5) is 68.8. The standard InChI is InChI=1S/C15H25N5O10/c1-5(22)11(14(28)18-7(15(29)30)3-10(24)25)20-13(27)8(4-21)19-12(26)6(16)2-9(17)23/h5-8,11,21-22H,2-4,16H2,1H3,(H2,17,23)(H,18,28)(H,19,26)(H,20,27)(H,24,25)(H,29,30). The Hall–Kier alpha value is -3.30. The SMILES string of the molecule is CC(O)C(NC(=O)C(CO)NC(=O)C(N)CC(N)=O)C(=O)NC(CC(=O)O)C(=O)O. The van der Waals surface area contributed by atoms with Crippen molar-refractivity contribution in [3.05, 3.63) is 0 Å². The zero-order valence-corrected chi connectivity index (χ0v) is 15.9. The van der Waals surface area contributed by atoms with E-state index in [1.165, 1.54) is 0 Å². The Labute approximate surface area is 169 Å². The number of rotatable bonds is 13. The molecule has 0 spiro atoms. The van der Waals surface area contributed by atoms with Crippen LogP contribution in [0.2, 0.25) is 0 Å². The fraction of sp³-hybridized carbons (Fsp3) is 0.600. The molecule has 0 aliphatic carbocycles. The molecule has 11 N–H and O–H groups in total. The second-order valence-electron chi connectivity index (χ2n) is 6.24. The second kappa shape index (κ2) is 12.3. The number of nitrogens with two attached hydrogens (primary N) is 2. The lowest BCUT2D eigenvalue weighted by Gasteiger charge is -2.25. The minimum atomic E-state index is -1.84. The summed E-state index contributed by atoms with van der Waals surface area (Å²) in [6.45, 7) is 0.124. The molecule has 5 atom stereocenters. The number of aliphatic carboxylic acids is 2. The van der Waals surface area contributed by atoms with Crippen LogP contribution in [-0.4, -0.2) is 92.9 Å². The zero-order chi connectivity index (χ0) is 23.6. The van der Waals surface area contributed by atoms with Crippen LogP contribution in [0.5, 0.6) is 0 Å². The van der Waals surface area contributed by atoms with Crippen molar-refractivity contribution in [3.8, 4) is 0 Å². The summed E-state index contributed by atoms with van der Waals surface area (Å²) in [5.74, 6) is -7.44. The molecule has 0 aromatic heterocycles. The Balaban J connectivity index is 5.21. The second-order valence-corrected chi connectivity index (χ2v) is 6.24. The van der Waals surface area contributed by atoms with Gasteiger partial charge in [-0.25, -0.2) is 4.79 Å². The van der Waals surface area contributed by atoms with E-state index in [2.05, 4.69) is 0 Å². The Morgan fingerprint density at radius 2 is 1.40 bits per heavy atom. The summed E-state index contributed by atoms with van der Waals surface area (Å²) in [7, 11) is 0. The highest BCUT2D eigenvalue weighted by molar-refractivity contribution is 5.95. The molecule has 0 saturated heterocycles. The predicted molar refractivity (Wildman–Crippen MR) is 96.2 cm³/mol. The maximum Gasteiger partial charge on any atom is 0.326 e. The van der Waals surface area contributed by atoms with Gasteiger partial charge in [0.25, 0.3) is 0 Å². The van der Waals surface area contributed by atoms with Crippen LogP contribution in [0.1, 0.15) is 19.8 Å². The number of carboxylic acid groups (broad SMARTS) is 2. The van der Waals surface area contributed by atoms with Crippen LogP contribution in [0.25, 0.3) is 0 Å². The zero-order valence-electron chi connectivity index (χ0n) is 15.9. The molecular formula is C15H25N5O10. The third-order valence-electron chi connectivity index (χ3n) is 3.63. The summed E-state index contributed by atoms with van der Waals surface area (Å²) in [6, 6.07) is -6.64. The van der Waals surface area contributed by atoms with E-state index in [1.807, 2.05) is 16.0 Å². The summed E-state index contributed by atoms with van der Waals surface area (Å²) in [6.07, 6.45) is -3.07. The fourth-order valence-corrected chi connectivity index (χ4v) is 2.08. The van der Waals surface area contributed by atoms with Crippen molar-refractivity contribution >= 4 is 35.6 Å². The van der Waals surface area contributed by atoms with E-state index in [0.29, 0.717) is 0 Å². The van der Waals surface area contributed by atoms with E-state index in [0.717, 1.165) is 6.92 Å². The first-order valence-electron chi connectivity index (χ1n) is 8.48. The van der Waals surface area contributed by atoms with Crippen molar-refractivity contribution < 1.29 is 49.2 Å². The lowest BCUT2D eigenvalue weighted by molar-refractivity contribution is -0.148. The molecule has 0 heterocycles. The van der Waals surface area contributed by atoms with Gasteiger partial charge < -0.3 is 47.8 Å². The van der Waals surface area contributed by atoms with E-state index < -0.39 is 85.3 Å². The molecule has 0 bridgehead atoms. The molecule has 0 radical (unpaired) electrons. The summed E-state index contributed by atoms with van der Waals surface area (Å²) >= 11 is 0.